The lowest BCUT2D eigenvalue weighted by Gasteiger charge is -2.28. The van der Waals surface area contributed by atoms with E-state index in [1.807, 2.05) is 0 Å². The van der Waals surface area contributed by atoms with Crippen LogP contribution in [0, 0.1) is 12.7 Å². The summed E-state index contributed by atoms with van der Waals surface area (Å²) >= 11 is 0. The lowest BCUT2D eigenvalue weighted by Crippen LogP contribution is -2.46. The highest BCUT2D eigenvalue weighted by Gasteiger charge is 2.56. The zero-order valence-corrected chi connectivity index (χ0v) is 13.8. The van der Waals surface area contributed by atoms with Crippen LogP contribution in [0.1, 0.15) is 23.9 Å². The molecule has 2 aromatic rings. The van der Waals surface area contributed by atoms with Gasteiger partial charge in [0, 0.05) is 6.61 Å². The molecule has 1 aliphatic rings. The number of aryl methyl sites for hydroxylation is 1. The predicted molar refractivity (Wildman–Crippen MR) is 87.1 cm³/mol. The summed E-state index contributed by atoms with van der Waals surface area (Å²) in [6, 6.07) is 5.40. The highest BCUT2D eigenvalue weighted by Crippen LogP contribution is 2.45. The molecular formula is C17H17FN4O3. The first-order chi connectivity index (χ1) is 11.9. The Morgan fingerprint density at radius 3 is 2.64 bits per heavy atom. The van der Waals surface area contributed by atoms with Crippen molar-refractivity contribution in [2.45, 2.75) is 19.4 Å². The van der Waals surface area contributed by atoms with Crippen LogP contribution in [0.2, 0.25) is 0 Å². The standard InChI is InChI=1S/C17H17FN4O3/c1-3-25-17(11-4-6-12(18)7-5-11)14-15(20-8-10(2)21-14)22(16(17)24)9-13(19)23/h4-8H,3,9H2,1-2H3,(H2,19,23)/t17-/m0/s1. The van der Waals surface area contributed by atoms with E-state index in [1.54, 1.807) is 13.8 Å². The Hall–Kier alpha value is -2.87. The summed E-state index contributed by atoms with van der Waals surface area (Å²) in [7, 11) is 0. The van der Waals surface area contributed by atoms with E-state index in [4.69, 9.17) is 10.5 Å². The van der Waals surface area contributed by atoms with Gasteiger partial charge in [-0.1, -0.05) is 12.1 Å². The molecule has 0 saturated heterocycles. The molecule has 3 rings (SSSR count). The lowest BCUT2D eigenvalue weighted by atomic mass is 9.91. The summed E-state index contributed by atoms with van der Waals surface area (Å²) < 4.78 is 19.2. The third kappa shape index (κ3) is 2.64. The van der Waals surface area contributed by atoms with Crippen molar-refractivity contribution in [3.8, 4) is 0 Å². The molecule has 2 N–H and O–H groups in total. The molecular weight excluding hydrogens is 327 g/mol. The normalized spacial score (nSPS) is 19.2. The number of nitrogens with zero attached hydrogens (tertiary/aromatic N) is 3. The second-order valence-corrected chi connectivity index (χ2v) is 5.66. The molecule has 1 aromatic heterocycles. The first kappa shape index (κ1) is 17.0. The monoisotopic (exact) mass is 344 g/mol. The molecule has 8 heteroatoms. The van der Waals surface area contributed by atoms with Crippen molar-refractivity contribution >= 4 is 17.6 Å². The van der Waals surface area contributed by atoms with E-state index in [9.17, 15) is 14.0 Å². The molecule has 130 valence electrons. The van der Waals surface area contributed by atoms with Gasteiger partial charge in [0.1, 0.15) is 18.1 Å². The van der Waals surface area contributed by atoms with Crippen LogP contribution in [0.15, 0.2) is 30.5 Å². The van der Waals surface area contributed by atoms with Crippen LogP contribution >= 0.6 is 0 Å². The fraction of sp³-hybridized carbons (Fsp3) is 0.294. The number of amides is 2. The topological polar surface area (TPSA) is 98.4 Å². The van der Waals surface area contributed by atoms with Crippen LogP contribution in [0.5, 0.6) is 0 Å². The number of carbonyl (C=O) groups is 2. The minimum absolute atomic E-state index is 0.197. The van der Waals surface area contributed by atoms with Gasteiger partial charge in [-0.15, -0.1) is 0 Å². The summed E-state index contributed by atoms with van der Waals surface area (Å²) in [6.45, 7) is 3.32. The van der Waals surface area contributed by atoms with Crippen LogP contribution in [0.3, 0.4) is 0 Å². The quantitative estimate of drug-likeness (QED) is 0.874. The number of primary amides is 1. The van der Waals surface area contributed by atoms with E-state index >= 15 is 0 Å². The summed E-state index contributed by atoms with van der Waals surface area (Å²) in [5.74, 6) is -1.44. The van der Waals surface area contributed by atoms with Crippen molar-refractivity contribution in [3.05, 3.63) is 53.2 Å². The third-order valence-electron chi connectivity index (χ3n) is 3.93. The molecule has 0 aliphatic carbocycles. The van der Waals surface area contributed by atoms with Crippen molar-refractivity contribution in [2.24, 2.45) is 5.73 Å². The third-order valence-corrected chi connectivity index (χ3v) is 3.93. The van der Waals surface area contributed by atoms with Gasteiger partial charge in [-0.25, -0.2) is 14.4 Å². The second-order valence-electron chi connectivity index (χ2n) is 5.66. The number of aromatic nitrogens is 2. The molecule has 0 saturated carbocycles. The molecule has 0 bridgehead atoms. The highest BCUT2D eigenvalue weighted by atomic mass is 19.1. The van der Waals surface area contributed by atoms with E-state index in [1.165, 1.54) is 30.5 Å². The van der Waals surface area contributed by atoms with Gasteiger partial charge >= 0.3 is 0 Å². The Balaban J connectivity index is 2.27. The maximum atomic E-state index is 13.4. The minimum Gasteiger partial charge on any atom is -0.368 e. The van der Waals surface area contributed by atoms with E-state index in [2.05, 4.69) is 9.97 Å². The van der Waals surface area contributed by atoms with Gasteiger partial charge in [0.15, 0.2) is 5.82 Å². The van der Waals surface area contributed by atoms with Crippen LogP contribution in [0.25, 0.3) is 0 Å². The number of hydrogen-bond acceptors (Lipinski definition) is 5. The Labute approximate surface area is 143 Å². The van der Waals surface area contributed by atoms with Crippen molar-refractivity contribution in [3.63, 3.8) is 0 Å². The number of fused-ring (bicyclic) bond motifs is 1. The number of benzene rings is 1. The van der Waals surface area contributed by atoms with Crippen LogP contribution in [-0.4, -0.2) is 34.9 Å². The molecule has 7 nitrogen and oxygen atoms in total. The van der Waals surface area contributed by atoms with Crippen LogP contribution in [-0.2, 0) is 19.9 Å². The predicted octanol–water partition coefficient (Wildman–Crippen LogP) is 1.04. The highest BCUT2D eigenvalue weighted by molar-refractivity contribution is 6.10. The van der Waals surface area contributed by atoms with E-state index in [0.717, 1.165) is 4.90 Å². The van der Waals surface area contributed by atoms with E-state index < -0.39 is 23.2 Å². The smallest absolute Gasteiger partial charge is 0.272 e. The SMILES string of the molecule is CCO[C@]1(c2ccc(F)cc2)C(=O)N(CC(N)=O)c2ncc(C)nc21. The zero-order chi connectivity index (χ0) is 18.2. The Morgan fingerprint density at radius 2 is 2.04 bits per heavy atom. The average Bonchev–Trinajstić information content (AvgIpc) is 2.78. The van der Waals surface area contributed by atoms with E-state index in [0.29, 0.717) is 11.3 Å². The van der Waals surface area contributed by atoms with Gasteiger partial charge in [-0.05, 0) is 31.5 Å². The second kappa shape index (κ2) is 6.21. The van der Waals surface area contributed by atoms with Crippen molar-refractivity contribution in [2.75, 3.05) is 18.1 Å². The summed E-state index contributed by atoms with van der Waals surface area (Å²) in [5.41, 5.74) is 4.94. The van der Waals surface area contributed by atoms with Crippen LogP contribution in [0.4, 0.5) is 10.2 Å². The minimum atomic E-state index is -1.59. The molecule has 0 fully saturated rings. The molecule has 0 radical (unpaired) electrons. The van der Waals surface area contributed by atoms with E-state index in [-0.39, 0.29) is 24.7 Å². The maximum absolute atomic E-state index is 13.4. The summed E-state index contributed by atoms with van der Waals surface area (Å²) in [6.07, 6.45) is 1.49. The number of halogens is 1. The molecule has 2 amide bonds. The number of hydrogen-bond donors (Lipinski definition) is 1. The Bertz CT molecular complexity index is 840. The largest absolute Gasteiger partial charge is 0.368 e. The molecule has 0 unspecified atom stereocenters. The fourth-order valence-corrected chi connectivity index (χ4v) is 2.97. The van der Waals surface area contributed by atoms with Gasteiger partial charge in [0.2, 0.25) is 11.5 Å². The number of ether oxygens (including phenoxy) is 1. The summed E-state index contributed by atoms with van der Waals surface area (Å²) in [5, 5.41) is 0. The van der Waals surface area contributed by atoms with Crippen molar-refractivity contribution in [1.29, 1.82) is 0 Å². The molecule has 2 heterocycles. The molecule has 0 spiro atoms. The number of anilines is 1. The molecule has 1 aromatic carbocycles. The number of nitrogens with two attached hydrogens (primary N) is 1. The first-order valence-electron chi connectivity index (χ1n) is 7.74. The van der Waals surface area contributed by atoms with Gasteiger partial charge < -0.3 is 10.5 Å². The number of rotatable bonds is 5. The number of carbonyl (C=O) groups excluding carboxylic acids is 2. The molecule has 25 heavy (non-hydrogen) atoms. The first-order valence-corrected chi connectivity index (χ1v) is 7.74. The van der Waals surface area contributed by atoms with Crippen LogP contribution < -0.4 is 10.6 Å². The van der Waals surface area contributed by atoms with Crippen molar-refractivity contribution < 1.29 is 18.7 Å². The Kier molecular flexibility index (Phi) is 4.22. The van der Waals surface area contributed by atoms with Gasteiger partial charge in [0.05, 0.1) is 11.9 Å². The zero-order valence-electron chi connectivity index (χ0n) is 13.8. The van der Waals surface area contributed by atoms with Crippen molar-refractivity contribution in [1.82, 2.24) is 9.97 Å². The average molecular weight is 344 g/mol. The van der Waals surface area contributed by atoms with Gasteiger partial charge in [0.25, 0.3) is 5.91 Å². The Morgan fingerprint density at radius 1 is 1.36 bits per heavy atom. The fourth-order valence-electron chi connectivity index (χ4n) is 2.97. The molecule has 1 aliphatic heterocycles. The lowest BCUT2D eigenvalue weighted by molar-refractivity contribution is -0.138. The summed E-state index contributed by atoms with van der Waals surface area (Å²) in [4.78, 5) is 34.5. The van der Waals surface area contributed by atoms with Gasteiger partial charge in [-0.3, -0.25) is 14.5 Å². The van der Waals surface area contributed by atoms with Gasteiger partial charge in [-0.2, -0.15) is 0 Å². The molecule has 1 atom stereocenters. The maximum Gasteiger partial charge on any atom is 0.272 e.